The number of aliphatic imine (C=N–C) groups is 2. The average molecular weight is 256 g/mol. The number of aliphatic carboxylic acids is 1. The van der Waals surface area contributed by atoms with E-state index >= 15 is 0 Å². The molecule has 1 aliphatic heterocycles. The molecule has 4 nitrogen and oxygen atoms in total. The number of carboxylic acid groups (broad SMARTS) is 1. The van der Waals surface area contributed by atoms with Gasteiger partial charge in [0, 0.05) is 31.7 Å². The van der Waals surface area contributed by atoms with Gasteiger partial charge in [0.2, 0.25) is 0 Å². The van der Waals surface area contributed by atoms with Gasteiger partial charge in [-0.05, 0) is 17.6 Å². The van der Waals surface area contributed by atoms with Crippen LogP contribution in [0.25, 0.3) is 0 Å². The lowest BCUT2D eigenvalue weighted by Crippen LogP contribution is -1.98. The lowest BCUT2D eigenvalue weighted by Gasteiger charge is -1.99. The third-order valence-corrected chi connectivity index (χ3v) is 2.85. The van der Waals surface area contributed by atoms with Gasteiger partial charge in [-0.2, -0.15) is 0 Å². The highest BCUT2D eigenvalue weighted by atomic mass is 16.4. The predicted molar refractivity (Wildman–Crippen MR) is 75.6 cm³/mol. The van der Waals surface area contributed by atoms with E-state index in [2.05, 4.69) is 9.98 Å². The molecule has 0 saturated heterocycles. The summed E-state index contributed by atoms with van der Waals surface area (Å²) in [6, 6.07) is 10.0. The molecule has 0 spiro atoms. The van der Waals surface area contributed by atoms with E-state index in [0.717, 1.165) is 11.4 Å². The Balaban J connectivity index is 2.00. The largest absolute Gasteiger partial charge is 0.481 e. The van der Waals surface area contributed by atoms with Gasteiger partial charge in [0.05, 0.1) is 0 Å². The fourth-order valence-corrected chi connectivity index (χ4v) is 1.82. The van der Waals surface area contributed by atoms with Crippen molar-refractivity contribution < 1.29 is 9.90 Å². The monoisotopic (exact) mass is 256 g/mol. The van der Waals surface area contributed by atoms with Crippen molar-refractivity contribution in [3.05, 3.63) is 47.7 Å². The summed E-state index contributed by atoms with van der Waals surface area (Å²) in [5, 5.41) is 8.66. The second-order valence-corrected chi connectivity index (χ2v) is 4.40. The van der Waals surface area contributed by atoms with E-state index in [0.29, 0.717) is 19.3 Å². The van der Waals surface area contributed by atoms with Crippen LogP contribution in [0.5, 0.6) is 0 Å². The van der Waals surface area contributed by atoms with Gasteiger partial charge in [-0.25, -0.2) is 9.98 Å². The molecule has 98 valence electrons. The van der Waals surface area contributed by atoms with Gasteiger partial charge in [-0.1, -0.05) is 30.3 Å². The molecule has 1 heterocycles. The number of carboxylic acids is 1. The summed E-state index contributed by atoms with van der Waals surface area (Å²) in [5.74, 6) is -0.0212. The summed E-state index contributed by atoms with van der Waals surface area (Å²) < 4.78 is 0. The third kappa shape index (κ3) is 4.50. The minimum absolute atomic E-state index is 0.142. The fourth-order valence-electron chi connectivity index (χ4n) is 1.82. The Labute approximate surface area is 112 Å². The topological polar surface area (TPSA) is 62.0 Å². The first-order valence-corrected chi connectivity index (χ1v) is 6.27. The van der Waals surface area contributed by atoms with Crippen molar-refractivity contribution in [2.75, 3.05) is 0 Å². The quantitative estimate of drug-likeness (QED) is 0.880. The SMILES string of the molecule is O=C(O)CCC1=CN=C(Cc2ccccc2)N=CC1. The van der Waals surface area contributed by atoms with Crippen molar-refractivity contribution >= 4 is 18.0 Å². The van der Waals surface area contributed by atoms with E-state index < -0.39 is 5.97 Å². The number of hydrogen-bond acceptors (Lipinski definition) is 3. The highest BCUT2D eigenvalue weighted by Crippen LogP contribution is 2.12. The van der Waals surface area contributed by atoms with Crippen LogP contribution < -0.4 is 0 Å². The molecule has 0 aromatic heterocycles. The highest BCUT2D eigenvalue weighted by molar-refractivity contribution is 5.92. The van der Waals surface area contributed by atoms with Gasteiger partial charge in [0.15, 0.2) is 0 Å². The number of nitrogens with zero attached hydrogens (tertiary/aromatic N) is 2. The smallest absolute Gasteiger partial charge is 0.303 e. The molecular formula is C15H16N2O2. The Bertz CT molecular complexity index is 530. The van der Waals surface area contributed by atoms with Crippen molar-refractivity contribution in [3.8, 4) is 0 Å². The van der Waals surface area contributed by atoms with E-state index in [1.165, 1.54) is 5.56 Å². The third-order valence-electron chi connectivity index (χ3n) is 2.85. The lowest BCUT2D eigenvalue weighted by molar-refractivity contribution is -0.136. The second kappa shape index (κ2) is 6.64. The number of carbonyl (C=O) groups is 1. The molecule has 1 aromatic rings. The van der Waals surface area contributed by atoms with Crippen LogP contribution in [-0.2, 0) is 11.2 Å². The standard InChI is InChI=1S/C15H16N2O2/c18-15(19)7-6-13-8-9-16-14(17-11-13)10-12-4-2-1-3-5-12/h1-5,9,11H,6-8,10H2,(H,18,19). The van der Waals surface area contributed by atoms with Crippen molar-refractivity contribution in [1.82, 2.24) is 0 Å². The molecule has 0 fully saturated rings. The minimum atomic E-state index is -0.782. The van der Waals surface area contributed by atoms with Gasteiger partial charge in [-0.15, -0.1) is 0 Å². The average Bonchev–Trinajstić information content (AvgIpc) is 2.63. The Morgan fingerprint density at radius 2 is 2.05 bits per heavy atom. The molecule has 19 heavy (non-hydrogen) atoms. The molecule has 0 atom stereocenters. The van der Waals surface area contributed by atoms with Crippen molar-refractivity contribution in [2.45, 2.75) is 25.7 Å². The fraction of sp³-hybridized carbons (Fsp3) is 0.267. The van der Waals surface area contributed by atoms with Gasteiger partial charge in [0.1, 0.15) is 5.84 Å². The zero-order valence-corrected chi connectivity index (χ0v) is 10.6. The number of allylic oxidation sites excluding steroid dienone is 1. The summed E-state index contributed by atoms with van der Waals surface area (Å²) in [6.45, 7) is 0. The number of benzene rings is 1. The normalized spacial score (nSPS) is 14.5. The van der Waals surface area contributed by atoms with Crippen LogP contribution in [0.4, 0.5) is 0 Å². The van der Waals surface area contributed by atoms with Crippen molar-refractivity contribution in [2.24, 2.45) is 9.98 Å². The molecule has 4 heteroatoms. The highest BCUT2D eigenvalue weighted by Gasteiger charge is 2.05. The Morgan fingerprint density at radius 1 is 1.26 bits per heavy atom. The Hall–Kier alpha value is -2.23. The maximum atomic E-state index is 10.5. The zero-order chi connectivity index (χ0) is 13.5. The summed E-state index contributed by atoms with van der Waals surface area (Å²) >= 11 is 0. The molecule has 1 N–H and O–H groups in total. The Kier molecular flexibility index (Phi) is 4.61. The van der Waals surface area contributed by atoms with Crippen LogP contribution in [0.1, 0.15) is 24.8 Å². The maximum Gasteiger partial charge on any atom is 0.303 e. The molecule has 0 amide bonds. The summed E-state index contributed by atoms with van der Waals surface area (Å²) in [7, 11) is 0. The van der Waals surface area contributed by atoms with Crippen LogP contribution in [0.2, 0.25) is 0 Å². The van der Waals surface area contributed by atoms with E-state index in [4.69, 9.17) is 5.11 Å². The van der Waals surface area contributed by atoms with Crippen LogP contribution in [0.15, 0.2) is 52.1 Å². The molecular weight excluding hydrogens is 240 g/mol. The number of amidine groups is 1. The zero-order valence-electron chi connectivity index (χ0n) is 10.6. The van der Waals surface area contributed by atoms with Gasteiger partial charge >= 0.3 is 5.97 Å². The predicted octanol–water partition coefficient (Wildman–Crippen LogP) is 2.85. The van der Waals surface area contributed by atoms with Crippen LogP contribution in [-0.4, -0.2) is 23.1 Å². The molecule has 0 radical (unpaired) electrons. The van der Waals surface area contributed by atoms with Crippen LogP contribution in [0, 0.1) is 0 Å². The molecule has 0 aliphatic carbocycles. The number of rotatable bonds is 5. The molecule has 0 bridgehead atoms. The van der Waals surface area contributed by atoms with E-state index in [-0.39, 0.29) is 6.42 Å². The Morgan fingerprint density at radius 3 is 2.79 bits per heavy atom. The van der Waals surface area contributed by atoms with Crippen molar-refractivity contribution in [3.63, 3.8) is 0 Å². The van der Waals surface area contributed by atoms with Gasteiger partial charge in [-0.3, -0.25) is 4.79 Å². The van der Waals surface area contributed by atoms with E-state index in [1.54, 1.807) is 6.20 Å². The summed E-state index contributed by atoms with van der Waals surface area (Å²) in [5.41, 5.74) is 2.18. The molecule has 2 rings (SSSR count). The maximum absolute atomic E-state index is 10.5. The molecule has 0 saturated carbocycles. The van der Waals surface area contributed by atoms with Gasteiger partial charge in [0.25, 0.3) is 0 Å². The molecule has 1 aliphatic rings. The molecule has 0 unspecified atom stereocenters. The van der Waals surface area contributed by atoms with Crippen LogP contribution >= 0.6 is 0 Å². The van der Waals surface area contributed by atoms with Crippen LogP contribution in [0.3, 0.4) is 0 Å². The first kappa shape index (κ1) is 13.2. The summed E-state index contributed by atoms with van der Waals surface area (Å²) in [6.07, 6.45) is 5.61. The summed E-state index contributed by atoms with van der Waals surface area (Å²) in [4.78, 5) is 19.2. The van der Waals surface area contributed by atoms with Gasteiger partial charge < -0.3 is 5.11 Å². The first-order valence-electron chi connectivity index (χ1n) is 6.27. The van der Waals surface area contributed by atoms with E-state index in [1.807, 2.05) is 36.5 Å². The minimum Gasteiger partial charge on any atom is -0.481 e. The molecule has 1 aromatic carbocycles. The second-order valence-electron chi connectivity index (χ2n) is 4.40. The van der Waals surface area contributed by atoms with E-state index in [9.17, 15) is 4.79 Å². The van der Waals surface area contributed by atoms with Crippen molar-refractivity contribution in [1.29, 1.82) is 0 Å². The number of hydrogen-bond donors (Lipinski definition) is 1. The first-order chi connectivity index (χ1) is 9.24. The lowest BCUT2D eigenvalue weighted by atomic mass is 10.1.